The molecule has 1 rings (SSSR count). The fraction of sp³-hybridized carbons (Fsp3) is 0.125. The molecule has 2 heteroatoms. The van der Waals surface area contributed by atoms with Crippen LogP contribution in [0.3, 0.4) is 0 Å². The summed E-state index contributed by atoms with van der Waals surface area (Å²) in [6.45, 7) is 1.75. The van der Waals surface area contributed by atoms with Gasteiger partial charge < -0.3 is 4.42 Å². The average Bonchev–Trinajstić information content (AvgIpc) is 2.40. The van der Waals surface area contributed by atoms with Gasteiger partial charge in [0.25, 0.3) is 0 Å². The Morgan fingerprint density at radius 2 is 2.50 bits per heavy atom. The van der Waals surface area contributed by atoms with Crippen molar-refractivity contribution in [2.24, 2.45) is 0 Å². The van der Waals surface area contributed by atoms with Gasteiger partial charge in [0.2, 0.25) is 0 Å². The second kappa shape index (κ2) is 3.01. The summed E-state index contributed by atoms with van der Waals surface area (Å²) in [6.07, 6.45) is 5.74. The summed E-state index contributed by atoms with van der Waals surface area (Å²) < 4.78 is 4.80. The molecule has 0 fully saturated rings. The minimum Gasteiger partial charge on any atom is -0.472 e. The number of carbonyl (C=O) groups excluding carboxylic acids is 1. The highest BCUT2D eigenvalue weighted by atomic mass is 16.3. The summed E-state index contributed by atoms with van der Waals surface area (Å²) in [5.74, 6) is 0. The van der Waals surface area contributed by atoms with Crippen LogP contribution in [0.2, 0.25) is 0 Å². The van der Waals surface area contributed by atoms with Gasteiger partial charge in [0.1, 0.15) is 6.29 Å². The lowest BCUT2D eigenvalue weighted by Crippen LogP contribution is -1.73. The molecule has 0 unspecified atom stereocenters. The van der Waals surface area contributed by atoms with Crippen molar-refractivity contribution in [3.63, 3.8) is 0 Å². The Bertz CT molecular complexity index is 232. The van der Waals surface area contributed by atoms with Crippen LogP contribution in [0.4, 0.5) is 0 Å². The van der Waals surface area contributed by atoms with E-state index in [-0.39, 0.29) is 0 Å². The molecular formula is C8H8O2. The summed E-state index contributed by atoms with van der Waals surface area (Å²) >= 11 is 0. The Labute approximate surface area is 59.2 Å². The monoisotopic (exact) mass is 136 g/mol. The van der Waals surface area contributed by atoms with Crippen LogP contribution in [0, 0.1) is 0 Å². The summed E-state index contributed by atoms with van der Waals surface area (Å²) in [6, 6.07) is 1.80. The van der Waals surface area contributed by atoms with Gasteiger partial charge in [-0.1, -0.05) is 0 Å². The van der Waals surface area contributed by atoms with E-state index in [9.17, 15) is 4.79 Å². The third-order valence-corrected chi connectivity index (χ3v) is 1.12. The Morgan fingerprint density at radius 3 is 3.00 bits per heavy atom. The highest BCUT2D eigenvalue weighted by Crippen LogP contribution is 2.04. The van der Waals surface area contributed by atoms with Crippen molar-refractivity contribution < 1.29 is 9.21 Å². The molecular weight excluding hydrogens is 128 g/mol. The lowest BCUT2D eigenvalue weighted by atomic mass is 10.2. The van der Waals surface area contributed by atoms with Crippen LogP contribution >= 0.6 is 0 Å². The summed E-state index contributed by atoms with van der Waals surface area (Å²) in [5.41, 5.74) is 1.62. The van der Waals surface area contributed by atoms with Crippen molar-refractivity contribution in [2.45, 2.75) is 6.92 Å². The van der Waals surface area contributed by atoms with E-state index in [2.05, 4.69) is 0 Å². The highest BCUT2D eigenvalue weighted by molar-refractivity contribution is 5.80. The second-order valence-electron chi connectivity index (χ2n) is 2.06. The number of furan rings is 1. The lowest BCUT2D eigenvalue weighted by Gasteiger charge is -1.82. The summed E-state index contributed by atoms with van der Waals surface area (Å²) in [4.78, 5) is 10.1. The van der Waals surface area contributed by atoms with Gasteiger partial charge >= 0.3 is 0 Å². The third kappa shape index (κ3) is 1.58. The molecule has 0 radical (unpaired) electrons. The smallest absolute Gasteiger partial charge is 0.145 e. The zero-order valence-corrected chi connectivity index (χ0v) is 5.70. The van der Waals surface area contributed by atoms with Crippen LogP contribution in [0.25, 0.3) is 6.08 Å². The number of carbonyl (C=O) groups is 1. The van der Waals surface area contributed by atoms with Crippen LogP contribution in [-0.4, -0.2) is 6.29 Å². The fourth-order valence-electron chi connectivity index (χ4n) is 0.654. The molecule has 52 valence electrons. The molecule has 1 aromatic rings. The molecule has 0 atom stereocenters. The minimum atomic E-state index is 0.696. The topological polar surface area (TPSA) is 30.2 Å². The summed E-state index contributed by atoms with van der Waals surface area (Å²) in [7, 11) is 0. The van der Waals surface area contributed by atoms with E-state index in [1.165, 1.54) is 0 Å². The molecule has 0 saturated heterocycles. The lowest BCUT2D eigenvalue weighted by molar-refractivity contribution is -0.104. The van der Waals surface area contributed by atoms with Crippen molar-refractivity contribution >= 4 is 12.4 Å². The van der Waals surface area contributed by atoms with Crippen LogP contribution in [0.15, 0.2) is 28.6 Å². The van der Waals surface area contributed by atoms with Crippen LogP contribution in [0.1, 0.15) is 12.5 Å². The van der Waals surface area contributed by atoms with Gasteiger partial charge in [0, 0.05) is 5.56 Å². The Hall–Kier alpha value is -1.31. The quantitative estimate of drug-likeness (QED) is 0.459. The molecule has 0 bridgehead atoms. The maximum atomic E-state index is 10.1. The SMILES string of the molecule is CC(C=O)=Cc1ccoc1. The molecule has 0 amide bonds. The average molecular weight is 136 g/mol. The van der Waals surface area contributed by atoms with E-state index in [0.29, 0.717) is 5.57 Å². The fourth-order valence-corrected chi connectivity index (χ4v) is 0.654. The van der Waals surface area contributed by atoms with E-state index < -0.39 is 0 Å². The zero-order chi connectivity index (χ0) is 7.40. The van der Waals surface area contributed by atoms with E-state index in [0.717, 1.165) is 11.8 Å². The van der Waals surface area contributed by atoms with Crippen molar-refractivity contribution in [3.05, 3.63) is 29.7 Å². The number of rotatable bonds is 2. The Morgan fingerprint density at radius 1 is 1.70 bits per heavy atom. The van der Waals surface area contributed by atoms with Gasteiger partial charge in [-0.25, -0.2) is 0 Å². The number of allylic oxidation sites excluding steroid dienone is 1. The second-order valence-corrected chi connectivity index (χ2v) is 2.06. The van der Waals surface area contributed by atoms with E-state index in [4.69, 9.17) is 4.42 Å². The van der Waals surface area contributed by atoms with Crippen LogP contribution in [-0.2, 0) is 4.79 Å². The van der Waals surface area contributed by atoms with Gasteiger partial charge in [-0.2, -0.15) is 0 Å². The predicted octanol–water partition coefficient (Wildman–Crippen LogP) is 1.88. The van der Waals surface area contributed by atoms with E-state index >= 15 is 0 Å². The highest BCUT2D eigenvalue weighted by Gasteiger charge is 1.88. The largest absolute Gasteiger partial charge is 0.472 e. The first-order chi connectivity index (χ1) is 4.83. The van der Waals surface area contributed by atoms with Gasteiger partial charge in [-0.3, -0.25) is 4.79 Å². The first-order valence-corrected chi connectivity index (χ1v) is 2.98. The molecule has 0 aliphatic heterocycles. The first kappa shape index (κ1) is 6.81. The molecule has 0 aromatic carbocycles. The molecule has 0 aliphatic rings. The van der Waals surface area contributed by atoms with E-state index in [1.54, 1.807) is 31.6 Å². The van der Waals surface area contributed by atoms with Gasteiger partial charge in [0.05, 0.1) is 12.5 Å². The third-order valence-electron chi connectivity index (χ3n) is 1.12. The predicted molar refractivity (Wildman–Crippen MR) is 38.4 cm³/mol. The van der Waals surface area contributed by atoms with Crippen molar-refractivity contribution in [1.29, 1.82) is 0 Å². The Kier molecular flexibility index (Phi) is 2.05. The first-order valence-electron chi connectivity index (χ1n) is 2.98. The molecule has 1 heterocycles. The zero-order valence-electron chi connectivity index (χ0n) is 5.70. The molecule has 1 aromatic heterocycles. The number of aldehydes is 1. The van der Waals surface area contributed by atoms with Crippen molar-refractivity contribution in [2.75, 3.05) is 0 Å². The molecule has 2 nitrogen and oxygen atoms in total. The molecule has 0 spiro atoms. The maximum Gasteiger partial charge on any atom is 0.145 e. The standard InChI is InChI=1S/C8H8O2/c1-7(5-9)4-8-2-3-10-6-8/h2-6H,1H3. The maximum absolute atomic E-state index is 10.1. The molecule has 0 saturated carbocycles. The number of hydrogen-bond donors (Lipinski definition) is 0. The molecule has 0 N–H and O–H groups in total. The van der Waals surface area contributed by atoms with Gasteiger partial charge in [-0.05, 0) is 24.6 Å². The van der Waals surface area contributed by atoms with E-state index in [1.807, 2.05) is 0 Å². The van der Waals surface area contributed by atoms with Crippen LogP contribution in [0.5, 0.6) is 0 Å². The Balaban J connectivity index is 2.80. The molecule has 0 aliphatic carbocycles. The van der Waals surface area contributed by atoms with Crippen molar-refractivity contribution in [1.82, 2.24) is 0 Å². The minimum absolute atomic E-state index is 0.696. The van der Waals surface area contributed by atoms with Gasteiger partial charge in [0.15, 0.2) is 0 Å². The summed E-state index contributed by atoms with van der Waals surface area (Å²) in [5, 5.41) is 0. The normalized spacial score (nSPS) is 11.5. The van der Waals surface area contributed by atoms with Crippen molar-refractivity contribution in [3.8, 4) is 0 Å². The van der Waals surface area contributed by atoms with Gasteiger partial charge in [-0.15, -0.1) is 0 Å². The number of hydrogen-bond acceptors (Lipinski definition) is 2. The molecule has 10 heavy (non-hydrogen) atoms. The van der Waals surface area contributed by atoms with Crippen LogP contribution < -0.4 is 0 Å².